The zero-order chi connectivity index (χ0) is 22.1. The lowest BCUT2D eigenvalue weighted by atomic mass is 9.99. The van der Waals surface area contributed by atoms with E-state index in [9.17, 15) is 19.2 Å². The number of Topliss-reactive ketones (excluding diaryl/α,β-unsaturated/α-hetero) is 1. The number of rotatable bonds is 4. The van der Waals surface area contributed by atoms with Gasteiger partial charge in [-0.25, -0.2) is 9.37 Å². The van der Waals surface area contributed by atoms with Gasteiger partial charge in [-0.3, -0.25) is 14.2 Å². The molecule has 4 aromatic rings. The van der Waals surface area contributed by atoms with Crippen LogP contribution >= 0.6 is 11.6 Å². The molecule has 0 aliphatic carbocycles. The van der Waals surface area contributed by atoms with E-state index in [0.29, 0.717) is 5.69 Å². The van der Waals surface area contributed by atoms with Crippen molar-refractivity contribution < 1.29 is 9.18 Å². The summed E-state index contributed by atoms with van der Waals surface area (Å²) in [6, 6.07) is 17.3. The molecule has 0 N–H and O–H groups in total. The standard InChI is InChI=1S/C24H15ClFN3O2/c1-14-6-7-15(13-27)17(10-14)22(30)12-23-28-20-9-8-16(26)11-18(20)24(31)29(23)21-5-3-2-4-19(21)25/h2-11H,12H2,1H3. The van der Waals surface area contributed by atoms with Gasteiger partial charge in [0.05, 0.1) is 39.7 Å². The number of aryl methyl sites for hydroxylation is 1. The van der Waals surface area contributed by atoms with Crippen LogP contribution in [0.15, 0.2) is 65.5 Å². The minimum Gasteiger partial charge on any atom is -0.294 e. The summed E-state index contributed by atoms with van der Waals surface area (Å²) in [6.07, 6.45) is -0.244. The molecule has 31 heavy (non-hydrogen) atoms. The monoisotopic (exact) mass is 431 g/mol. The van der Waals surface area contributed by atoms with Gasteiger partial charge in [0.1, 0.15) is 11.6 Å². The third-order valence-electron chi connectivity index (χ3n) is 4.91. The van der Waals surface area contributed by atoms with Gasteiger partial charge in [-0.05, 0) is 49.4 Å². The molecular formula is C24H15ClFN3O2. The first kappa shape index (κ1) is 20.5. The van der Waals surface area contributed by atoms with Gasteiger partial charge in [-0.1, -0.05) is 35.4 Å². The van der Waals surface area contributed by atoms with E-state index in [1.54, 1.807) is 42.5 Å². The molecule has 0 saturated carbocycles. The third kappa shape index (κ3) is 3.83. The third-order valence-corrected chi connectivity index (χ3v) is 5.23. The maximum atomic E-state index is 13.8. The molecule has 3 aromatic carbocycles. The summed E-state index contributed by atoms with van der Waals surface area (Å²) in [4.78, 5) is 30.9. The Labute approximate surface area is 182 Å². The number of carbonyl (C=O) groups is 1. The van der Waals surface area contributed by atoms with Crippen molar-refractivity contribution >= 4 is 28.3 Å². The summed E-state index contributed by atoms with van der Waals surface area (Å²) in [7, 11) is 0. The number of nitriles is 1. The fourth-order valence-corrected chi connectivity index (χ4v) is 3.65. The highest BCUT2D eigenvalue weighted by molar-refractivity contribution is 6.32. The molecule has 0 fully saturated rings. The van der Waals surface area contributed by atoms with Crippen LogP contribution in [0.4, 0.5) is 4.39 Å². The molecule has 4 rings (SSSR count). The Hall–Kier alpha value is -3.82. The molecule has 0 saturated heterocycles. The van der Waals surface area contributed by atoms with Crippen LogP contribution in [0.2, 0.25) is 5.02 Å². The van der Waals surface area contributed by atoms with Crippen LogP contribution in [-0.2, 0) is 6.42 Å². The molecule has 152 valence electrons. The van der Waals surface area contributed by atoms with Crippen molar-refractivity contribution in [1.82, 2.24) is 9.55 Å². The lowest BCUT2D eigenvalue weighted by Gasteiger charge is -2.15. The van der Waals surface area contributed by atoms with E-state index in [1.807, 2.05) is 13.0 Å². The second-order valence-corrected chi connectivity index (χ2v) is 7.45. The number of aromatic nitrogens is 2. The zero-order valence-electron chi connectivity index (χ0n) is 16.4. The Kier molecular flexibility index (Phi) is 5.37. The molecule has 1 heterocycles. The average molecular weight is 432 g/mol. The van der Waals surface area contributed by atoms with Gasteiger partial charge in [0.15, 0.2) is 5.78 Å². The van der Waals surface area contributed by atoms with Crippen molar-refractivity contribution in [3.05, 3.63) is 104 Å². The Morgan fingerprint density at radius 2 is 1.94 bits per heavy atom. The lowest BCUT2D eigenvalue weighted by Crippen LogP contribution is -2.26. The van der Waals surface area contributed by atoms with E-state index in [2.05, 4.69) is 4.98 Å². The quantitative estimate of drug-likeness (QED) is 0.435. The first-order valence-corrected chi connectivity index (χ1v) is 9.77. The SMILES string of the molecule is Cc1ccc(C#N)c(C(=O)Cc2nc3ccc(F)cc3c(=O)n2-c2ccccc2Cl)c1. The maximum absolute atomic E-state index is 13.8. The first-order valence-electron chi connectivity index (χ1n) is 9.39. The highest BCUT2D eigenvalue weighted by atomic mass is 35.5. The number of fused-ring (bicyclic) bond motifs is 1. The number of nitrogens with zero attached hydrogens (tertiary/aromatic N) is 3. The maximum Gasteiger partial charge on any atom is 0.266 e. The highest BCUT2D eigenvalue weighted by Crippen LogP contribution is 2.22. The van der Waals surface area contributed by atoms with Crippen molar-refractivity contribution in [2.45, 2.75) is 13.3 Å². The van der Waals surface area contributed by atoms with Crippen molar-refractivity contribution in [3.63, 3.8) is 0 Å². The summed E-state index contributed by atoms with van der Waals surface area (Å²) in [6.45, 7) is 1.82. The van der Waals surface area contributed by atoms with E-state index in [0.717, 1.165) is 11.6 Å². The van der Waals surface area contributed by atoms with Gasteiger partial charge in [0, 0.05) is 5.56 Å². The minimum atomic E-state index is -0.570. The Morgan fingerprint density at radius 1 is 1.16 bits per heavy atom. The van der Waals surface area contributed by atoms with Crippen molar-refractivity contribution in [3.8, 4) is 11.8 Å². The highest BCUT2D eigenvalue weighted by Gasteiger charge is 2.20. The topological polar surface area (TPSA) is 75.8 Å². The van der Waals surface area contributed by atoms with E-state index in [1.165, 1.54) is 16.7 Å². The molecule has 0 bridgehead atoms. The molecular weight excluding hydrogens is 417 g/mol. The van der Waals surface area contributed by atoms with Crippen LogP contribution in [0, 0.1) is 24.1 Å². The average Bonchev–Trinajstić information content (AvgIpc) is 2.75. The molecule has 7 heteroatoms. The molecule has 0 aliphatic heterocycles. The van der Waals surface area contributed by atoms with Gasteiger partial charge >= 0.3 is 0 Å². The summed E-state index contributed by atoms with van der Waals surface area (Å²) in [5.74, 6) is -0.790. The number of hydrogen-bond acceptors (Lipinski definition) is 4. The largest absolute Gasteiger partial charge is 0.294 e. The van der Waals surface area contributed by atoms with Crippen LogP contribution in [0.3, 0.4) is 0 Å². The molecule has 0 aliphatic rings. The number of halogens is 2. The van der Waals surface area contributed by atoms with Gasteiger partial charge in [-0.15, -0.1) is 0 Å². The second kappa shape index (κ2) is 8.13. The first-order chi connectivity index (χ1) is 14.9. The predicted molar refractivity (Wildman–Crippen MR) is 116 cm³/mol. The van der Waals surface area contributed by atoms with Gasteiger partial charge in [-0.2, -0.15) is 5.26 Å². The van der Waals surface area contributed by atoms with Crippen molar-refractivity contribution in [1.29, 1.82) is 5.26 Å². The summed E-state index contributed by atoms with van der Waals surface area (Å²) in [5.41, 5.74) is 1.38. The van der Waals surface area contributed by atoms with Crippen molar-refractivity contribution in [2.24, 2.45) is 0 Å². The van der Waals surface area contributed by atoms with Crippen LogP contribution < -0.4 is 5.56 Å². The van der Waals surface area contributed by atoms with Crippen LogP contribution in [0.5, 0.6) is 0 Å². The molecule has 0 amide bonds. The Bertz CT molecular complexity index is 1450. The number of benzene rings is 3. The molecule has 0 unspecified atom stereocenters. The van der Waals surface area contributed by atoms with Crippen LogP contribution in [0.25, 0.3) is 16.6 Å². The molecule has 1 aromatic heterocycles. The van der Waals surface area contributed by atoms with Gasteiger partial charge < -0.3 is 0 Å². The molecule has 5 nitrogen and oxygen atoms in total. The van der Waals surface area contributed by atoms with Gasteiger partial charge in [0.2, 0.25) is 0 Å². The predicted octanol–water partition coefficient (Wildman–Crippen LogP) is 4.78. The fourth-order valence-electron chi connectivity index (χ4n) is 3.43. The minimum absolute atomic E-state index is 0.0735. The number of hydrogen-bond donors (Lipinski definition) is 0. The zero-order valence-corrected chi connectivity index (χ0v) is 17.2. The smallest absolute Gasteiger partial charge is 0.266 e. The molecule has 0 spiro atoms. The lowest BCUT2D eigenvalue weighted by molar-refractivity contribution is 0.0990. The molecule has 0 radical (unpaired) electrons. The van der Waals surface area contributed by atoms with Crippen LogP contribution in [0.1, 0.15) is 27.3 Å². The fraction of sp³-hybridized carbons (Fsp3) is 0.0833. The Balaban J connectivity index is 1.95. The van der Waals surface area contributed by atoms with E-state index >= 15 is 0 Å². The van der Waals surface area contributed by atoms with Crippen LogP contribution in [-0.4, -0.2) is 15.3 Å². The normalized spacial score (nSPS) is 10.8. The molecule has 0 atom stereocenters. The van der Waals surface area contributed by atoms with Gasteiger partial charge in [0.25, 0.3) is 5.56 Å². The van der Waals surface area contributed by atoms with E-state index in [4.69, 9.17) is 11.6 Å². The van der Waals surface area contributed by atoms with Crippen molar-refractivity contribution in [2.75, 3.05) is 0 Å². The summed E-state index contributed by atoms with van der Waals surface area (Å²) in [5, 5.41) is 9.73. The van der Waals surface area contributed by atoms with E-state index < -0.39 is 11.4 Å². The second-order valence-electron chi connectivity index (χ2n) is 7.04. The number of ketones is 1. The summed E-state index contributed by atoms with van der Waals surface area (Å²) < 4.78 is 15.0. The number of para-hydroxylation sites is 1. The number of carbonyl (C=O) groups excluding carboxylic acids is 1. The van der Waals surface area contributed by atoms with E-state index in [-0.39, 0.29) is 45.1 Å². The Morgan fingerprint density at radius 3 is 2.68 bits per heavy atom. The summed E-state index contributed by atoms with van der Waals surface area (Å²) >= 11 is 6.32.